The smallest absolute Gasteiger partial charge is 0.262 e. The van der Waals surface area contributed by atoms with Gasteiger partial charge in [-0.05, 0) is 48.9 Å². The van der Waals surface area contributed by atoms with Crippen LogP contribution < -0.4 is 10.0 Å². The molecular weight excluding hydrogens is 412 g/mol. The summed E-state index contributed by atoms with van der Waals surface area (Å²) in [6.45, 7) is 1.68. The van der Waals surface area contributed by atoms with Crippen LogP contribution in [-0.4, -0.2) is 45.6 Å². The summed E-state index contributed by atoms with van der Waals surface area (Å²) in [4.78, 5) is 0.0940. The number of rotatable bonds is 5. The number of nitrogens with one attached hydrogen (secondary N) is 2. The largest absolute Gasteiger partial charge is 0.390 e. The van der Waals surface area contributed by atoms with Crippen molar-refractivity contribution in [2.24, 2.45) is 0 Å². The highest BCUT2D eigenvalue weighted by Gasteiger charge is 2.36. The Morgan fingerprint density at radius 2 is 1.70 bits per heavy atom. The molecule has 146 valence electrons. The molecule has 27 heavy (non-hydrogen) atoms. The molecule has 1 fully saturated rings. The van der Waals surface area contributed by atoms with Crippen LogP contribution in [0.5, 0.6) is 0 Å². The van der Waals surface area contributed by atoms with Gasteiger partial charge in [-0.3, -0.25) is 4.72 Å². The minimum Gasteiger partial charge on any atom is -0.390 e. The summed E-state index contributed by atoms with van der Waals surface area (Å²) in [5.74, 6) is -0.405. The van der Waals surface area contributed by atoms with Crippen molar-refractivity contribution < 1.29 is 21.9 Å². The van der Waals surface area contributed by atoms with Crippen LogP contribution in [0.15, 0.2) is 47.4 Å². The van der Waals surface area contributed by atoms with Crippen molar-refractivity contribution in [1.29, 1.82) is 0 Å². The van der Waals surface area contributed by atoms with Crippen molar-refractivity contribution in [1.82, 2.24) is 0 Å². The molecule has 1 aliphatic heterocycles. The second-order valence-electron chi connectivity index (χ2n) is 6.49. The van der Waals surface area contributed by atoms with Gasteiger partial charge >= 0.3 is 0 Å². The van der Waals surface area contributed by atoms with Gasteiger partial charge in [0, 0.05) is 16.4 Å². The number of aryl methyl sites for hydroxylation is 1. The molecule has 0 bridgehead atoms. The first kappa shape index (κ1) is 19.9. The quantitative estimate of drug-likeness (QED) is 0.668. The molecule has 2 atom stereocenters. The van der Waals surface area contributed by atoms with Gasteiger partial charge in [0.2, 0.25) is 0 Å². The summed E-state index contributed by atoms with van der Waals surface area (Å²) in [6.07, 6.45) is -0.973. The zero-order valence-corrected chi connectivity index (χ0v) is 16.8. The fraction of sp³-hybridized carbons (Fsp3) is 0.294. The Kier molecular flexibility index (Phi) is 5.40. The molecule has 0 unspecified atom stereocenters. The van der Waals surface area contributed by atoms with Crippen molar-refractivity contribution in [2.75, 3.05) is 21.5 Å². The molecule has 2 aromatic carbocycles. The van der Waals surface area contributed by atoms with Crippen molar-refractivity contribution in [3.05, 3.63) is 53.1 Å². The minimum atomic E-state index is -3.80. The van der Waals surface area contributed by atoms with E-state index in [-0.39, 0.29) is 16.4 Å². The number of aliphatic hydroxyl groups excluding tert-OH is 1. The molecule has 7 nitrogen and oxygen atoms in total. The van der Waals surface area contributed by atoms with E-state index < -0.39 is 32.0 Å². The molecule has 2 aromatic rings. The van der Waals surface area contributed by atoms with E-state index in [2.05, 4.69) is 10.0 Å². The second-order valence-corrected chi connectivity index (χ2v) is 10.7. The zero-order chi connectivity index (χ0) is 19.8. The standard InChI is InChI=1S/C17H19ClN2O5S2/c1-11-2-3-12(18)8-17(11)27(24,25)20-14-6-4-13(5-7-14)19-15-9-26(22,23)10-16(15)21/h2-8,15-16,19-21H,9-10H2,1H3/t15-,16-/m0/s1. The zero-order valence-electron chi connectivity index (χ0n) is 14.4. The van der Waals surface area contributed by atoms with E-state index in [0.717, 1.165) is 0 Å². The summed E-state index contributed by atoms with van der Waals surface area (Å²) in [5.41, 5.74) is 1.50. The predicted molar refractivity (Wildman–Crippen MR) is 106 cm³/mol. The Bertz CT molecular complexity index is 1050. The Hall–Kier alpha value is -1.81. The van der Waals surface area contributed by atoms with Crippen molar-refractivity contribution in [3.63, 3.8) is 0 Å². The fourth-order valence-corrected chi connectivity index (χ4v) is 6.20. The van der Waals surface area contributed by atoms with Crippen molar-refractivity contribution in [3.8, 4) is 0 Å². The molecule has 1 heterocycles. The number of hydrogen-bond donors (Lipinski definition) is 3. The maximum Gasteiger partial charge on any atom is 0.262 e. The molecule has 0 amide bonds. The molecule has 0 aliphatic carbocycles. The van der Waals surface area contributed by atoms with Crippen LogP contribution >= 0.6 is 11.6 Å². The van der Waals surface area contributed by atoms with Crippen LogP contribution in [0.25, 0.3) is 0 Å². The number of aliphatic hydroxyl groups is 1. The highest BCUT2D eigenvalue weighted by Crippen LogP contribution is 2.24. The SMILES string of the molecule is Cc1ccc(Cl)cc1S(=O)(=O)Nc1ccc(N[C@H]2CS(=O)(=O)C[C@@H]2O)cc1. The third-order valence-corrected chi connectivity index (χ3v) is 7.73. The van der Waals surface area contributed by atoms with Gasteiger partial charge in [-0.25, -0.2) is 16.8 Å². The third kappa shape index (κ3) is 4.73. The molecule has 3 N–H and O–H groups in total. The first-order valence-corrected chi connectivity index (χ1v) is 11.8. The number of anilines is 2. The summed E-state index contributed by atoms with van der Waals surface area (Å²) in [5, 5.41) is 13.1. The summed E-state index contributed by atoms with van der Waals surface area (Å²) in [7, 11) is -7.05. The van der Waals surface area contributed by atoms with Gasteiger partial charge < -0.3 is 10.4 Å². The molecule has 3 rings (SSSR count). The number of benzene rings is 2. The fourth-order valence-electron chi connectivity index (χ4n) is 2.89. The minimum absolute atomic E-state index is 0.0940. The highest BCUT2D eigenvalue weighted by atomic mass is 35.5. The topological polar surface area (TPSA) is 113 Å². The lowest BCUT2D eigenvalue weighted by Gasteiger charge is -2.17. The summed E-state index contributed by atoms with van der Waals surface area (Å²) in [6, 6.07) is 10.4. The normalized spacial score (nSPS) is 21.7. The number of sulfonamides is 1. The molecule has 0 saturated carbocycles. The maximum atomic E-state index is 12.6. The lowest BCUT2D eigenvalue weighted by molar-refractivity contribution is 0.190. The van der Waals surface area contributed by atoms with E-state index in [0.29, 0.717) is 22.0 Å². The van der Waals surface area contributed by atoms with Gasteiger partial charge in [0.25, 0.3) is 10.0 Å². The Labute approximate surface area is 163 Å². The van der Waals surface area contributed by atoms with E-state index >= 15 is 0 Å². The van der Waals surface area contributed by atoms with Crippen LogP contribution in [0.4, 0.5) is 11.4 Å². The van der Waals surface area contributed by atoms with Crippen LogP contribution in [0.2, 0.25) is 5.02 Å². The van der Waals surface area contributed by atoms with Crippen molar-refractivity contribution in [2.45, 2.75) is 24.0 Å². The van der Waals surface area contributed by atoms with E-state index in [1.807, 2.05) is 0 Å². The van der Waals surface area contributed by atoms with E-state index in [1.54, 1.807) is 43.3 Å². The molecule has 0 spiro atoms. The second kappa shape index (κ2) is 7.31. The predicted octanol–water partition coefficient (Wildman–Crippen LogP) is 2.02. The number of hydrogen-bond acceptors (Lipinski definition) is 6. The Morgan fingerprint density at radius 1 is 1.07 bits per heavy atom. The average molecular weight is 431 g/mol. The van der Waals surface area contributed by atoms with Crippen LogP contribution in [0.3, 0.4) is 0 Å². The maximum absolute atomic E-state index is 12.6. The third-order valence-electron chi connectivity index (χ3n) is 4.25. The van der Waals surface area contributed by atoms with Crippen LogP contribution in [-0.2, 0) is 19.9 Å². The molecular formula is C17H19ClN2O5S2. The van der Waals surface area contributed by atoms with E-state index in [4.69, 9.17) is 11.6 Å². The average Bonchev–Trinajstić information content (AvgIpc) is 2.83. The highest BCUT2D eigenvalue weighted by molar-refractivity contribution is 7.92. The van der Waals surface area contributed by atoms with Gasteiger partial charge in [0.05, 0.1) is 28.5 Å². The monoisotopic (exact) mass is 430 g/mol. The van der Waals surface area contributed by atoms with Gasteiger partial charge in [-0.1, -0.05) is 17.7 Å². The number of sulfone groups is 1. The first-order valence-electron chi connectivity index (χ1n) is 8.10. The molecule has 10 heteroatoms. The number of halogens is 1. The van der Waals surface area contributed by atoms with Gasteiger partial charge in [-0.15, -0.1) is 0 Å². The lowest BCUT2D eigenvalue weighted by atomic mass is 10.2. The Balaban J connectivity index is 1.73. The van der Waals surface area contributed by atoms with Crippen LogP contribution in [0.1, 0.15) is 5.56 Å². The first-order chi connectivity index (χ1) is 12.6. The molecule has 1 saturated heterocycles. The van der Waals surface area contributed by atoms with Crippen LogP contribution in [0, 0.1) is 6.92 Å². The lowest BCUT2D eigenvalue weighted by Crippen LogP contribution is -2.31. The van der Waals surface area contributed by atoms with Gasteiger partial charge in [-0.2, -0.15) is 0 Å². The summed E-state index contributed by atoms with van der Waals surface area (Å²) >= 11 is 5.90. The van der Waals surface area contributed by atoms with Gasteiger partial charge in [0.1, 0.15) is 0 Å². The molecule has 1 aliphatic rings. The van der Waals surface area contributed by atoms with E-state index in [1.165, 1.54) is 6.07 Å². The Morgan fingerprint density at radius 3 is 2.30 bits per heavy atom. The van der Waals surface area contributed by atoms with Gasteiger partial charge in [0.15, 0.2) is 9.84 Å². The van der Waals surface area contributed by atoms with E-state index in [9.17, 15) is 21.9 Å². The molecule has 0 radical (unpaired) electrons. The van der Waals surface area contributed by atoms with Crippen molar-refractivity contribution >= 4 is 42.8 Å². The summed E-state index contributed by atoms with van der Waals surface area (Å²) < 4.78 is 50.7. The molecule has 0 aromatic heterocycles.